The Balaban J connectivity index is 1.47. The molecule has 0 amide bonds. The monoisotopic (exact) mass is 452 g/mol. The van der Waals surface area contributed by atoms with Crippen molar-refractivity contribution in [2.75, 3.05) is 24.6 Å². The van der Waals surface area contributed by atoms with Gasteiger partial charge in [-0.25, -0.2) is 14.2 Å². The largest absolute Gasteiger partial charge is 0.383 e. The van der Waals surface area contributed by atoms with E-state index in [1.165, 1.54) is 5.69 Å². The van der Waals surface area contributed by atoms with Crippen LogP contribution in [0, 0.1) is 6.92 Å². The van der Waals surface area contributed by atoms with Gasteiger partial charge < -0.3 is 16.8 Å². The Bertz CT molecular complexity index is 1490. The lowest BCUT2D eigenvalue weighted by Crippen LogP contribution is -2.27. The van der Waals surface area contributed by atoms with Crippen molar-refractivity contribution in [3.63, 3.8) is 0 Å². The fourth-order valence-electron chi connectivity index (χ4n) is 5.10. The van der Waals surface area contributed by atoms with Crippen LogP contribution in [0.1, 0.15) is 35.8 Å². The summed E-state index contributed by atoms with van der Waals surface area (Å²) in [4.78, 5) is 4.47. The van der Waals surface area contributed by atoms with Gasteiger partial charge in [-0.1, -0.05) is 36.4 Å². The highest BCUT2D eigenvalue weighted by molar-refractivity contribution is 5.96. The number of hydrogen-bond donors (Lipinski definition) is 3. The van der Waals surface area contributed by atoms with Gasteiger partial charge in [-0.2, -0.15) is 10.2 Å². The third kappa shape index (κ3) is 3.47. The standard InChI is InChI=1S/C26H28N8/c1-16-30-25(27)24-21(14-23(34(24)31-16)18-9-11-29-12-10-18)19-7-8-20-22(13-19)32-33(26(20)28)15-17-5-3-2-4-6-17/h2-8,13-14,18,29H,9-12,15,28H2,1H3,(H2,27,30,31). The summed E-state index contributed by atoms with van der Waals surface area (Å²) in [5.41, 5.74) is 19.0. The Labute approximate surface area is 197 Å². The summed E-state index contributed by atoms with van der Waals surface area (Å²) in [6.07, 6.45) is 2.15. The van der Waals surface area contributed by atoms with Crippen LogP contribution in [0.2, 0.25) is 0 Å². The Kier molecular flexibility index (Phi) is 4.95. The fourth-order valence-corrected chi connectivity index (χ4v) is 5.10. The molecule has 1 aliphatic heterocycles. The predicted octanol–water partition coefficient (Wildman–Crippen LogP) is 3.73. The number of anilines is 2. The molecule has 1 fully saturated rings. The highest BCUT2D eigenvalue weighted by Gasteiger charge is 2.24. The van der Waals surface area contributed by atoms with Crippen molar-refractivity contribution in [1.82, 2.24) is 29.7 Å². The number of aromatic nitrogens is 5. The molecule has 6 rings (SSSR count). The number of piperidine rings is 1. The first-order valence-corrected chi connectivity index (χ1v) is 11.8. The molecule has 172 valence electrons. The molecule has 0 aliphatic carbocycles. The van der Waals surface area contributed by atoms with Gasteiger partial charge in [-0.15, -0.1) is 0 Å². The third-order valence-electron chi connectivity index (χ3n) is 6.80. The normalized spacial score (nSPS) is 14.9. The van der Waals surface area contributed by atoms with E-state index < -0.39 is 0 Å². The SMILES string of the molecule is Cc1nc(N)c2c(-c3ccc4c(N)n(Cc5ccccc5)nc4c3)cc(C3CCNCC3)n2n1. The number of aryl methyl sites for hydroxylation is 1. The molecule has 1 aliphatic rings. The van der Waals surface area contributed by atoms with Crippen LogP contribution in [0.4, 0.5) is 11.6 Å². The van der Waals surface area contributed by atoms with E-state index in [1.807, 2.05) is 40.4 Å². The van der Waals surface area contributed by atoms with Gasteiger partial charge in [-0.05, 0) is 62.2 Å². The summed E-state index contributed by atoms with van der Waals surface area (Å²) >= 11 is 0. The molecule has 0 atom stereocenters. The maximum Gasteiger partial charge on any atom is 0.152 e. The van der Waals surface area contributed by atoms with Crippen molar-refractivity contribution in [3.8, 4) is 11.1 Å². The van der Waals surface area contributed by atoms with E-state index in [0.717, 1.165) is 59.0 Å². The highest BCUT2D eigenvalue weighted by atomic mass is 15.3. The van der Waals surface area contributed by atoms with E-state index in [4.69, 9.17) is 21.7 Å². The first kappa shape index (κ1) is 20.7. The smallest absolute Gasteiger partial charge is 0.152 e. The molecule has 34 heavy (non-hydrogen) atoms. The molecule has 0 bridgehead atoms. The molecule has 4 heterocycles. The average molecular weight is 453 g/mol. The van der Waals surface area contributed by atoms with Gasteiger partial charge in [0.15, 0.2) is 5.82 Å². The van der Waals surface area contributed by atoms with Crippen LogP contribution in [0.15, 0.2) is 54.6 Å². The summed E-state index contributed by atoms with van der Waals surface area (Å²) in [6, 6.07) is 18.7. The number of nitrogens with two attached hydrogens (primary N) is 2. The minimum atomic E-state index is 0.431. The number of nitrogens with one attached hydrogen (secondary N) is 1. The lowest BCUT2D eigenvalue weighted by atomic mass is 9.94. The van der Waals surface area contributed by atoms with Crippen molar-refractivity contribution in [2.24, 2.45) is 0 Å². The quantitative estimate of drug-likeness (QED) is 0.383. The number of hydrogen-bond acceptors (Lipinski definition) is 6. The Hall–Kier alpha value is -3.91. The Morgan fingerprint density at radius 2 is 1.79 bits per heavy atom. The van der Waals surface area contributed by atoms with Crippen molar-refractivity contribution < 1.29 is 0 Å². The second-order valence-corrected chi connectivity index (χ2v) is 9.07. The minimum Gasteiger partial charge on any atom is -0.383 e. The van der Waals surface area contributed by atoms with Crippen LogP contribution in [0.3, 0.4) is 0 Å². The van der Waals surface area contributed by atoms with Crippen molar-refractivity contribution in [2.45, 2.75) is 32.2 Å². The minimum absolute atomic E-state index is 0.431. The highest BCUT2D eigenvalue weighted by Crippen LogP contribution is 2.37. The van der Waals surface area contributed by atoms with Gasteiger partial charge in [0.1, 0.15) is 17.2 Å². The van der Waals surface area contributed by atoms with E-state index in [0.29, 0.717) is 29.9 Å². The first-order valence-electron chi connectivity index (χ1n) is 11.8. The molecule has 0 radical (unpaired) electrons. The number of benzene rings is 2. The maximum absolute atomic E-state index is 6.46. The van der Waals surface area contributed by atoms with Crippen LogP contribution in [0.25, 0.3) is 27.5 Å². The zero-order valence-electron chi connectivity index (χ0n) is 19.2. The Morgan fingerprint density at radius 3 is 2.59 bits per heavy atom. The van der Waals surface area contributed by atoms with Crippen LogP contribution >= 0.6 is 0 Å². The summed E-state index contributed by atoms with van der Waals surface area (Å²) in [5.74, 6) is 2.27. The number of rotatable bonds is 4. The van der Waals surface area contributed by atoms with E-state index in [-0.39, 0.29) is 0 Å². The zero-order valence-corrected chi connectivity index (χ0v) is 19.2. The van der Waals surface area contributed by atoms with Crippen LogP contribution in [-0.4, -0.2) is 37.5 Å². The number of nitrogens with zero attached hydrogens (tertiary/aromatic N) is 5. The van der Waals surface area contributed by atoms with Crippen LogP contribution in [-0.2, 0) is 6.54 Å². The lowest BCUT2D eigenvalue weighted by Gasteiger charge is -2.22. The molecule has 3 aromatic heterocycles. The van der Waals surface area contributed by atoms with Crippen molar-refractivity contribution in [3.05, 3.63) is 71.7 Å². The molecule has 8 heteroatoms. The van der Waals surface area contributed by atoms with Gasteiger partial charge >= 0.3 is 0 Å². The van der Waals surface area contributed by atoms with E-state index in [2.05, 4.69) is 40.6 Å². The van der Waals surface area contributed by atoms with E-state index in [9.17, 15) is 0 Å². The number of nitrogen functional groups attached to an aromatic ring is 2. The molecule has 0 unspecified atom stereocenters. The van der Waals surface area contributed by atoms with Crippen LogP contribution < -0.4 is 16.8 Å². The van der Waals surface area contributed by atoms with Crippen LogP contribution in [0.5, 0.6) is 0 Å². The maximum atomic E-state index is 6.46. The molecule has 0 spiro atoms. The second-order valence-electron chi connectivity index (χ2n) is 9.07. The zero-order chi connectivity index (χ0) is 23.2. The fraction of sp³-hybridized carbons (Fsp3) is 0.269. The predicted molar refractivity (Wildman–Crippen MR) is 136 cm³/mol. The Morgan fingerprint density at radius 1 is 1.00 bits per heavy atom. The topological polar surface area (TPSA) is 112 Å². The van der Waals surface area contributed by atoms with E-state index >= 15 is 0 Å². The second kappa shape index (κ2) is 8.14. The molecule has 5 aromatic rings. The van der Waals surface area contributed by atoms with Gasteiger partial charge in [0, 0.05) is 22.6 Å². The molecule has 8 nitrogen and oxygen atoms in total. The molecule has 2 aromatic carbocycles. The molecule has 1 saturated heterocycles. The number of fused-ring (bicyclic) bond motifs is 2. The van der Waals surface area contributed by atoms with Crippen molar-refractivity contribution >= 4 is 28.1 Å². The average Bonchev–Trinajstić information content (AvgIpc) is 3.38. The van der Waals surface area contributed by atoms with Crippen molar-refractivity contribution in [1.29, 1.82) is 0 Å². The summed E-state index contributed by atoms with van der Waals surface area (Å²) in [6.45, 7) is 4.54. The van der Waals surface area contributed by atoms with Gasteiger partial charge in [0.25, 0.3) is 0 Å². The van der Waals surface area contributed by atoms with Gasteiger partial charge in [-0.3, -0.25) is 0 Å². The molecular formula is C26H28N8. The van der Waals surface area contributed by atoms with Gasteiger partial charge in [0.05, 0.1) is 12.1 Å². The molecule has 0 saturated carbocycles. The van der Waals surface area contributed by atoms with E-state index in [1.54, 1.807) is 0 Å². The lowest BCUT2D eigenvalue weighted by molar-refractivity contribution is 0.447. The third-order valence-corrected chi connectivity index (χ3v) is 6.80. The first-order chi connectivity index (χ1) is 16.6. The summed E-state index contributed by atoms with van der Waals surface area (Å²) in [7, 11) is 0. The van der Waals surface area contributed by atoms with Gasteiger partial charge in [0.2, 0.25) is 0 Å². The molecular weight excluding hydrogens is 424 g/mol. The molecule has 5 N–H and O–H groups in total. The summed E-state index contributed by atoms with van der Waals surface area (Å²) in [5, 5.41) is 14.0. The summed E-state index contributed by atoms with van der Waals surface area (Å²) < 4.78 is 3.87.